The molecule has 30 heavy (non-hydrogen) atoms. The van der Waals surface area contributed by atoms with Crippen LogP contribution in [0.2, 0.25) is 0 Å². The minimum absolute atomic E-state index is 0. The minimum atomic E-state index is 0. The molecular formula is C22H32IN5O2. The van der Waals surface area contributed by atoms with Crippen molar-refractivity contribution in [3.05, 3.63) is 53.7 Å². The number of halogens is 1. The van der Waals surface area contributed by atoms with Crippen molar-refractivity contribution >= 4 is 35.8 Å². The van der Waals surface area contributed by atoms with Crippen LogP contribution in [-0.2, 0) is 17.8 Å². The van der Waals surface area contributed by atoms with Crippen LogP contribution in [0.5, 0.6) is 5.75 Å². The summed E-state index contributed by atoms with van der Waals surface area (Å²) in [5.41, 5.74) is 2.22. The molecule has 1 fully saturated rings. The standard InChI is InChI=1S/C22H31N5O2.HI/c1-3-23-22(25-16-18-8-5-6-10-20(18)29-4-2)26-17-19-9-7-11-24-21(19)27-12-14-28-15-13-27;/h5-11H,3-4,12-17H2,1-2H3,(H2,23,25,26);1H. The van der Waals surface area contributed by atoms with Crippen LogP contribution < -0.4 is 20.3 Å². The summed E-state index contributed by atoms with van der Waals surface area (Å²) < 4.78 is 11.2. The second-order valence-corrected chi connectivity index (χ2v) is 6.68. The molecule has 0 atom stereocenters. The van der Waals surface area contributed by atoms with Gasteiger partial charge in [0.25, 0.3) is 0 Å². The predicted molar refractivity (Wildman–Crippen MR) is 132 cm³/mol. The van der Waals surface area contributed by atoms with Crippen molar-refractivity contribution in [2.24, 2.45) is 4.99 Å². The number of hydrogen-bond acceptors (Lipinski definition) is 5. The van der Waals surface area contributed by atoms with E-state index in [1.165, 1.54) is 0 Å². The van der Waals surface area contributed by atoms with Crippen molar-refractivity contribution in [2.75, 3.05) is 44.4 Å². The van der Waals surface area contributed by atoms with Crippen molar-refractivity contribution in [3.8, 4) is 5.75 Å². The molecule has 2 N–H and O–H groups in total. The molecule has 0 spiro atoms. The summed E-state index contributed by atoms with van der Waals surface area (Å²) in [4.78, 5) is 11.6. The molecule has 7 nitrogen and oxygen atoms in total. The van der Waals surface area contributed by atoms with Gasteiger partial charge in [0.15, 0.2) is 5.96 Å². The molecule has 1 aliphatic heterocycles. The van der Waals surface area contributed by atoms with E-state index in [1.807, 2.05) is 37.4 Å². The Hall–Kier alpha value is -2.07. The molecule has 0 unspecified atom stereocenters. The normalized spacial score (nSPS) is 14.1. The van der Waals surface area contributed by atoms with Crippen LogP contribution in [-0.4, -0.2) is 50.4 Å². The van der Waals surface area contributed by atoms with Crippen molar-refractivity contribution in [3.63, 3.8) is 0 Å². The number of morpholine rings is 1. The summed E-state index contributed by atoms with van der Waals surface area (Å²) in [6.07, 6.45) is 1.85. The zero-order chi connectivity index (χ0) is 20.3. The SMILES string of the molecule is CCNC(=NCc1ccccc1OCC)NCc1cccnc1N1CCOCC1.I. The van der Waals surface area contributed by atoms with Crippen LogP contribution in [0, 0.1) is 0 Å². The number of para-hydroxylation sites is 1. The second kappa shape index (κ2) is 13.3. The molecule has 1 aromatic carbocycles. The molecule has 1 saturated heterocycles. The van der Waals surface area contributed by atoms with Crippen LogP contribution in [0.3, 0.4) is 0 Å². The number of ether oxygens (including phenoxy) is 2. The predicted octanol–water partition coefficient (Wildman–Crippen LogP) is 3.19. The summed E-state index contributed by atoms with van der Waals surface area (Å²) >= 11 is 0. The highest BCUT2D eigenvalue weighted by atomic mass is 127. The Morgan fingerprint density at radius 1 is 1.10 bits per heavy atom. The van der Waals surface area contributed by atoms with Gasteiger partial charge in [-0.25, -0.2) is 9.98 Å². The summed E-state index contributed by atoms with van der Waals surface area (Å²) in [6, 6.07) is 12.1. The van der Waals surface area contributed by atoms with Gasteiger partial charge >= 0.3 is 0 Å². The topological polar surface area (TPSA) is 71.0 Å². The first-order chi connectivity index (χ1) is 14.3. The third-order valence-electron chi connectivity index (χ3n) is 4.65. The Bertz CT molecular complexity index is 797. The van der Waals surface area contributed by atoms with E-state index in [-0.39, 0.29) is 24.0 Å². The first-order valence-electron chi connectivity index (χ1n) is 10.3. The van der Waals surface area contributed by atoms with Crippen molar-refractivity contribution in [1.29, 1.82) is 0 Å². The third kappa shape index (κ3) is 7.02. The van der Waals surface area contributed by atoms with Crippen LogP contribution in [0.1, 0.15) is 25.0 Å². The first-order valence-corrected chi connectivity index (χ1v) is 10.3. The average Bonchev–Trinajstić information content (AvgIpc) is 2.77. The first kappa shape index (κ1) is 24.2. The Morgan fingerprint density at radius 2 is 1.87 bits per heavy atom. The van der Waals surface area contributed by atoms with Gasteiger partial charge in [0, 0.05) is 43.5 Å². The summed E-state index contributed by atoms with van der Waals surface area (Å²) in [5.74, 6) is 2.67. The highest BCUT2D eigenvalue weighted by Gasteiger charge is 2.16. The molecule has 2 heterocycles. The van der Waals surface area contributed by atoms with E-state index in [0.717, 1.165) is 61.5 Å². The number of nitrogens with one attached hydrogen (secondary N) is 2. The van der Waals surface area contributed by atoms with Gasteiger partial charge in [-0.15, -0.1) is 24.0 Å². The fourth-order valence-electron chi connectivity index (χ4n) is 3.24. The summed E-state index contributed by atoms with van der Waals surface area (Å²) in [7, 11) is 0. The van der Waals surface area contributed by atoms with Crippen molar-refractivity contribution in [2.45, 2.75) is 26.9 Å². The van der Waals surface area contributed by atoms with Crippen LogP contribution >= 0.6 is 24.0 Å². The van der Waals surface area contributed by atoms with E-state index >= 15 is 0 Å². The monoisotopic (exact) mass is 525 g/mol. The maximum Gasteiger partial charge on any atom is 0.191 e. The Balaban J connectivity index is 0.00000320. The largest absolute Gasteiger partial charge is 0.494 e. The van der Waals surface area contributed by atoms with E-state index in [0.29, 0.717) is 19.7 Å². The van der Waals surface area contributed by atoms with Gasteiger partial charge in [0.05, 0.1) is 26.4 Å². The van der Waals surface area contributed by atoms with E-state index in [2.05, 4.69) is 39.6 Å². The van der Waals surface area contributed by atoms with E-state index in [4.69, 9.17) is 14.5 Å². The van der Waals surface area contributed by atoms with Gasteiger partial charge < -0.3 is 25.0 Å². The zero-order valence-corrected chi connectivity index (χ0v) is 20.1. The molecule has 0 bridgehead atoms. The molecule has 0 amide bonds. The number of guanidine groups is 1. The number of pyridine rings is 1. The Morgan fingerprint density at radius 3 is 2.63 bits per heavy atom. The molecule has 0 aliphatic carbocycles. The zero-order valence-electron chi connectivity index (χ0n) is 17.8. The van der Waals surface area contributed by atoms with Gasteiger partial charge in [-0.3, -0.25) is 0 Å². The molecular weight excluding hydrogens is 493 g/mol. The number of anilines is 1. The fourth-order valence-corrected chi connectivity index (χ4v) is 3.24. The molecule has 0 radical (unpaired) electrons. The molecule has 1 aliphatic rings. The molecule has 1 aromatic heterocycles. The lowest BCUT2D eigenvalue weighted by atomic mass is 10.2. The van der Waals surface area contributed by atoms with Crippen LogP contribution in [0.25, 0.3) is 0 Å². The lowest BCUT2D eigenvalue weighted by molar-refractivity contribution is 0.122. The quantitative estimate of drug-likeness (QED) is 0.314. The summed E-state index contributed by atoms with van der Waals surface area (Å²) in [6.45, 7) is 9.92. The molecule has 2 aromatic rings. The number of rotatable bonds is 8. The van der Waals surface area contributed by atoms with Crippen molar-refractivity contribution < 1.29 is 9.47 Å². The maximum absolute atomic E-state index is 5.71. The number of nitrogens with zero attached hydrogens (tertiary/aromatic N) is 3. The van der Waals surface area contributed by atoms with Crippen LogP contribution in [0.4, 0.5) is 5.82 Å². The second-order valence-electron chi connectivity index (χ2n) is 6.68. The molecule has 0 saturated carbocycles. The molecule has 8 heteroatoms. The number of aliphatic imine (C=N–C) groups is 1. The van der Waals surface area contributed by atoms with Gasteiger partial charge in [-0.1, -0.05) is 24.3 Å². The van der Waals surface area contributed by atoms with Gasteiger partial charge in [0.2, 0.25) is 0 Å². The lowest BCUT2D eigenvalue weighted by Gasteiger charge is -2.29. The summed E-state index contributed by atoms with van der Waals surface area (Å²) in [5, 5.41) is 6.76. The average molecular weight is 525 g/mol. The minimum Gasteiger partial charge on any atom is -0.494 e. The lowest BCUT2D eigenvalue weighted by Crippen LogP contribution is -2.39. The molecule has 164 valence electrons. The van der Waals surface area contributed by atoms with Gasteiger partial charge in [0.1, 0.15) is 11.6 Å². The highest BCUT2D eigenvalue weighted by Crippen LogP contribution is 2.19. The van der Waals surface area contributed by atoms with E-state index < -0.39 is 0 Å². The number of aromatic nitrogens is 1. The van der Waals surface area contributed by atoms with Gasteiger partial charge in [-0.05, 0) is 26.0 Å². The Kier molecular flexibility index (Phi) is 10.7. The fraction of sp³-hybridized carbons (Fsp3) is 0.455. The van der Waals surface area contributed by atoms with Gasteiger partial charge in [-0.2, -0.15) is 0 Å². The van der Waals surface area contributed by atoms with E-state index in [9.17, 15) is 0 Å². The smallest absolute Gasteiger partial charge is 0.191 e. The van der Waals surface area contributed by atoms with Crippen LogP contribution in [0.15, 0.2) is 47.6 Å². The third-order valence-corrected chi connectivity index (χ3v) is 4.65. The maximum atomic E-state index is 5.71. The number of hydrogen-bond donors (Lipinski definition) is 2. The number of benzene rings is 1. The van der Waals surface area contributed by atoms with E-state index in [1.54, 1.807) is 0 Å². The Labute approximate surface area is 196 Å². The molecule has 3 rings (SSSR count). The highest BCUT2D eigenvalue weighted by molar-refractivity contribution is 14.0. The van der Waals surface area contributed by atoms with Crippen molar-refractivity contribution in [1.82, 2.24) is 15.6 Å².